The predicted molar refractivity (Wildman–Crippen MR) is 99.3 cm³/mol. The van der Waals surface area contributed by atoms with Crippen molar-refractivity contribution in [3.8, 4) is 0 Å². The summed E-state index contributed by atoms with van der Waals surface area (Å²) >= 11 is 0. The van der Waals surface area contributed by atoms with Crippen molar-refractivity contribution in [2.45, 2.75) is 77.2 Å². The SMILES string of the molecule is C=C(C(=O)OC)C(C(=O)OC)C(CCCCCCCCCCC)[N+](=O)[O-]. The zero-order chi connectivity index (χ0) is 19.9. The number of unbranched alkanes of at least 4 members (excludes halogenated alkanes) is 8. The van der Waals surface area contributed by atoms with Crippen LogP contribution in [0.25, 0.3) is 0 Å². The van der Waals surface area contributed by atoms with Crippen LogP contribution in [0, 0.1) is 16.0 Å². The maximum atomic E-state index is 12.0. The van der Waals surface area contributed by atoms with Crippen molar-refractivity contribution < 1.29 is 24.0 Å². The van der Waals surface area contributed by atoms with E-state index in [-0.39, 0.29) is 12.0 Å². The molecule has 2 unspecified atom stereocenters. The van der Waals surface area contributed by atoms with Gasteiger partial charge in [0.1, 0.15) is 0 Å². The fourth-order valence-corrected chi connectivity index (χ4v) is 2.97. The first kappa shape index (κ1) is 24.1. The molecule has 0 rings (SSSR count). The van der Waals surface area contributed by atoms with Gasteiger partial charge in [-0.3, -0.25) is 14.9 Å². The Morgan fingerprint density at radius 2 is 1.46 bits per heavy atom. The molecule has 0 N–H and O–H groups in total. The number of hydrogen-bond acceptors (Lipinski definition) is 6. The smallest absolute Gasteiger partial charge is 0.334 e. The largest absolute Gasteiger partial charge is 0.468 e. The average molecular weight is 371 g/mol. The molecule has 7 nitrogen and oxygen atoms in total. The van der Waals surface area contributed by atoms with Crippen molar-refractivity contribution in [1.29, 1.82) is 0 Å². The first-order valence-electron chi connectivity index (χ1n) is 9.39. The second-order valence-electron chi connectivity index (χ2n) is 6.49. The third-order valence-electron chi connectivity index (χ3n) is 4.54. The number of carbonyl (C=O) groups excluding carboxylic acids is 2. The van der Waals surface area contributed by atoms with Gasteiger partial charge in [0.25, 0.3) is 0 Å². The number of methoxy groups -OCH3 is 2. The van der Waals surface area contributed by atoms with Gasteiger partial charge in [0.15, 0.2) is 5.92 Å². The molecule has 0 saturated carbocycles. The molecule has 0 aromatic carbocycles. The van der Waals surface area contributed by atoms with Gasteiger partial charge in [0, 0.05) is 11.3 Å². The fraction of sp³-hybridized carbons (Fsp3) is 0.789. The molecule has 0 aromatic heterocycles. The number of rotatable bonds is 15. The number of carbonyl (C=O) groups is 2. The van der Waals surface area contributed by atoms with Crippen LogP contribution in [-0.4, -0.2) is 37.1 Å². The molecule has 0 saturated heterocycles. The van der Waals surface area contributed by atoms with Crippen molar-refractivity contribution in [2.75, 3.05) is 14.2 Å². The first-order valence-corrected chi connectivity index (χ1v) is 9.39. The highest BCUT2D eigenvalue weighted by Gasteiger charge is 2.42. The van der Waals surface area contributed by atoms with Crippen LogP contribution in [-0.2, 0) is 19.1 Å². The predicted octanol–water partition coefficient (Wildman–Crippen LogP) is 4.07. The van der Waals surface area contributed by atoms with Crippen LogP contribution in [0.1, 0.15) is 71.1 Å². The maximum Gasteiger partial charge on any atom is 0.334 e. The van der Waals surface area contributed by atoms with E-state index in [1.165, 1.54) is 32.1 Å². The topological polar surface area (TPSA) is 95.7 Å². The molecular formula is C19H33NO6. The van der Waals surface area contributed by atoms with Gasteiger partial charge in [-0.05, 0) is 6.42 Å². The summed E-state index contributed by atoms with van der Waals surface area (Å²) in [5.74, 6) is -2.99. The summed E-state index contributed by atoms with van der Waals surface area (Å²) in [7, 11) is 2.28. The number of ether oxygens (including phenoxy) is 2. The lowest BCUT2D eigenvalue weighted by atomic mass is 9.88. The molecule has 0 amide bonds. The summed E-state index contributed by atoms with van der Waals surface area (Å²) in [4.78, 5) is 34.6. The van der Waals surface area contributed by atoms with E-state index < -0.39 is 28.8 Å². The summed E-state index contributed by atoms with van der Waals surface area (Å²) in [5.41, 5.74) is -0.239. The van der Waals surface area contributed by atoms with Crippen LogP contribution in [0.3, 0.4) is 0 Å². The van der Waals surface area contributed by atoms with Crippen molar-refractivity contribution in [1.82, 2.24) is 0 Å². The molecule has 0 bridgehead atoms. The van der Waals surface area contributed by atoms with E-state index >= 15 is 0 Å². The van der Waals surface area contributed by atoms with Gasteiger partial charge in [-0.1, -0.05) is 64.9 Å². The number of esters is 2. The van der Waals surface area contributed by atoms with Crippen molar-refractivity contribution in [3.63, 3.8) is 0 Å². The van der Waals surface area contributed by atoms with Crippen LogP contribution < -0.4 is 0 Å². The first-order chi connectivity index (χ1) is 12.4. The highest BCUT2D eigenvalue weighted by molar-refractivity contribution is 5.95. The monoisotopic (exact) mass is 371 g/mol. The number of hydrogen-bond donors (Lipinski definition) is 0. The Balaban J connectivity index is 4.54. The van der Waals surface area contributed by atoms with Crippen LogP contribution in [0.5, 0.6) is 0 Å². The van der Waals surface area contributed by atoms with E-state index in [2.05, 4.69) is 23.0 Å². The maximum absolute atomic E-state index is 12.0. The van der Waals surface area contributed by atoms with E-state index in [1.54, 1.807) is 0 Å². The van der Waals surface area contributed by atoms with Crippen molar-refractivity contribution in [3.05, 3.63) is 22.3 Å². The second-order valence-corrected chi connectivity index (χ2v) is 6.49. The summed E-state index contributed by atoms with van der Waals surface area (Å²) < 4.78 is 9.19. The summed E-state index contributed by atoms with van der Waals surface area (Å²) in [6, 6.07) is -1.24. The third kappa shape index (κ3) is 8.97. The Labute approximate surface area is 156 Å². The molecule has 2 atom stereocenters. The Hall–Kier alpha value is -1.92. The summed E-state index contributed by atoms with van der Waals surface area (Å²) in [6.45, 7) is 5.69. The molecule has 0 fully saturated rings. The Morgan fingerprint density at radius 1 is 0.962 bits per heavy atom. The van der Waals surface area contributed by atoms with E-state index in [9.17, 15) is 19.7 Å². The van der Waals surface area contributed by atoms with E-state index in [1.807, 2.05) is 0 Å². The molecule has 0 aromatic rings. The van der Waals surface area contributed by atoms with Gasteiger partial charge in [0.2, 0.25) is 6.04 Å². The van der Waals surface area contributed by atoms with Gasteiger partial charge in [-0.25, -0.2) is 4.79 Å². The van der Waals surface area contributed by atoms with Crippen LogP contribution >= 0.6 is 0 Å². The molecule has 0 spiro atoms. The quantitative estimate of drug-likeness (QED) is 0.142. The number of nitro groups is 1. The lowest BCUT2D eigenvalue weighted by Crippen LogP contribution is -2.38. The normalized spacial score (nSPS) is 12.9. The number of nitrogens with zero attached hydrogens (tertiary/aromatic N) is 1. The molecule has 7 heteroatoms. The minimum Gasteiger partial charge on any atom is -0.468 e. The molecule has 0 aliphatic carbocycles. The van der Waals surface area contributed by atoms with Gasteiger partial charge in [-0.15, -0.1) is 0 Å². The van der Waals surface area contributed by atoms with Gasteiger partial charge in [0.05, 0.1) is 19.8 Å². The van der Waals surface area contributed by atoms with Crippen LogP contribution in [0.2, 0.25) is 0 Å². The minimum absolute atomic E-state index is 0.193. The Kier molecular flexibility index (Phi) is 13.2. The van der Waals surface area contributed by atoms with Gasteiger partial charge < -0.3 is 9.47 Å². The van der Waals surface area contributed by atoms with E-state index in [4.69, 9.17) is 0 Å². The molecular weight excluding hydrogens is 338 g/mol. The Morgan fingerprint density at radius 3 is 1.88 bits per heavy atom. The molecule has 0 aliphatic heterocycles. The van der Waals surface area contributed by atoms with Crippen molar-refractivity contribution in [2.24, 2.45) is 5.92 Å². The standard InChI is InChI=1S/C19H33NO6/c1-5-6-7-8-9-10-11-12-13-14-16(20(23)24)17(19(22)26-4)15(2)18(21)25-3/h16-17H,2,5-14H2,1,3-4H3. The summed E-state index contributed by atoms with van der Waals surface area (Å²) in [6.07, 6.45) is 9.95. The molecule has 26 heavy (non-hydrogen) atoms. The molecule has 0 heterocycles. The highest BCUT2D eigenvalue weighted by Crippen LogP contribution is 2.24. The fourth-order valence-electron chi connectivity index (χ4n) is 2.97. The van der Waals surface area contributed by atoms with Gasteiger partial charge in [-0.2, -0.15) is 0 Å². The molecule has 0 radical (unpaired) electrons. The molecule has 0 aliphatic rings. The molecule has 150 valence electrons. The average Bonchev–Trinajstić information content (AvgIpc) is 2.63. The Bertz CT molecular complexity index is 463. The zero-order valence-electron chi connectivity index (χ0n) is 16.3. The third-order valence-corrected chi connectivity index (χ3v) is 4.54. The zero-order valence-corrected chi connectivity index (χ0v) is 16.3. The summed E-state index contributed by atoms with van der Waals surface area (Å²) in [5, 5.41) is 11.4. The second kappa shape index (κ2) is 14.3. The lowest BCUT2D eigenvalue weighted by Gasteiger charge is -2.19. The minimum atomic E-state index is -1.32. The van der Waals surface area contributed by atoms with Crippen molar-refractivity contribution >= 4 is 11.9 Å². The van der Waals surface area contributed by atoms with E-state index in [0.29, 0.717) is 6.42 Å². The van der Waals surface area contributed by atoms with E-state index in [0.717, 1.165) is 33.5 Å². The highest BCUT2D eigenvalue weighted by atomic mass is 16.6. The van der Waals surface area contributed by atoms with Crippen LogP contribution in [0.4, 0.5) is 0 Å². The van der Waals surface area contributed by atoms with Gasteiger partial charge >= 0.3 is 11.9 Å². The lowest BCUT2D eigenvalue weighted by molar-refractivity contribution is -0.529. The van der Waals surface area contributed by atoms with Crippen LogP contribution in [0.15, 0.2) is 12.2 Å².